The quantitative estimate of drug-likeness (QED) is 0.502. The molecule has 0 bridgehead atoms. The largest absolute Gasteiger partial charge is 0.477 e. The zero-order valence-corrected chi connectivity index (χ0v) is 17.2. The van der Waals surface area contributed by atoms with Gasteiger partial charge in [-0.25, -0.2) is 9.18 Å². The highest BCUT2D eigenvalue weighted by Gasteiger charge is 2.17. The van der Waals surface area contributed by atoms with Gasteiger partial charge in [-0.3, -0.25) is 9.48 Å². The minimum absolute atomic E-state index is 0.0501. The first kappa shape index (κ1) is 20.5. The van der Waals surface area contributed by atoms with Crippen LogP contribution in [0.3, 0.4) is 0 Å². The second-order valence-electron chi connectivity index (χ2n) is 7.98. The fourth-order valence-corrected chi connectivity index (χ4v) is 3.68. The third kappa shape index (κ3) is 4.12. The van der Waals surface area contributed by atoms with E-state index < -0.39 is 17.2 Å². The van der Waals surface area contributed by atoms with Gasteiger partial charge in [0.1, 0.15) is 11.4 Å². The smallest absolute Gasteiger partial charge is 0.341 e. The van der Waals surface area contributed by atoms with Crippen LogP contribution in [-0.2, 0) is 13.1 Å². The van der Waals surface area contributed by atoms with E-state index >= 15 is 0 Å². The van der Waals surface area contributed by atoms with Gasteiger partial charge in [-0.15, -0.1) is 0 Å². The molecule has 2 aromatic carbocycles. The summed E-state index contributed by atoms with van der Waals surface area (Å²) in [4.78, 5) is 23.9. The molecule has 31 heavy (non-hydrogen) atoms. The topological polar surface area (TPSA) is 77.1 Å². The summed E-state index contributed by atoms with van der Waals surface area (Å²) in [7, 11) is 0. The molecule has 0 fully saturated rings. The van der Waals surface area contributed by atoms with Crippen molar-refractivity contribution in [2.45, 2.75) is 26.9 Å². The molecule has 0 unspecified atom stereocenters. The molecular weight excluding hydrogens is 397 g/mol. The van der Waals surface area contributed by atoms with Gasteiger partial charge in [-0.2, -0.15) is 5.10 Å². The van der Waals surface area contributed by atoms with E-state index in [9.17, 15) is 19.1 Å². The van der Waals surface area contributed by atoms with E-state index in [1.165, 1.54) is 29.0 Å². The monoisotopic (exact) mass is 419 g/mol. The van der Waals surface area contributed by atoms with Crippen molar-refractivity contribution in [3.8, 4) is 11.1 Å². The maximum atomic E-state index is 14.5. The van der Waals surface area contributed by atoms with Gasteiger partial charge >= 0.3 is 5.97 Å². The molecule has 4 aromatic rings. The molecule has 1 N–H and O–H groups in total. The number of fused-ring (bicyclic) bond motifs is 1. The SMILES string of the molecule is CC(C)Cn1cc(-c2ccc(Cn3cc(C(=O)O)c(=O)c4cccc(F)c43)cc2)cn1. The first-order chi connectivity index (χ1) is 14.8. The molecule has 2 heterocycles. The number of carbonyl (C=O) groups is 1. The summed E-state index contributed by atoms with van der Waals surface area (Å²) >= 11 is 0. The fraction of sp³-hybridized carbons (Fsp3) is 0.208. The van der Waals surface area contributed by atoms with Gasteiger partial charge in [0.2, 0.25) is 5.43 Å². The molecule has 0 amide bonds. The highest BCUT2D eigenvalue weighted by molar-refractivity contribution is 5.92. The first-order valence-electron chi connectivity index (χ1n) is 10.00. The number of carboxylic acids is 1. The van der Waals surface area contributed by atoms with E-state index in [0.717, 1.165) is 23.2 Å². The molecule has 0 atom stereocenters. The first-order valence-corrected chi connectivity index (χ1v) is 10.00. The summed E-state index contributed by atoms with van der Waals surface area (Å²) in [5.41, 5.74) is 1.87. The average molecular weight is 419 g/mol. The van der Waals surface area contributed by atoms with Crippen LogP contribution in [0.1, 0.15) is 29.8 Å². The second kappa shape index (κ2) is 8.18. The molecule has 0 saturated heterocycles. The normalized spacial score (nSPS) is 11.4. The zero-order valence-electron chi connectivity index (χ0n) is 17.2. The number of benzene rings is 2. The van der Waals surface area contributed by atoms with Crippen LogP contribution in [0.15, 0.2) is 65.8 Å². The van der Waals surface area contributed by atoms with E-state index in [-0.39, 0.29) is 23.0 Å². The second-order valence-corrected chi connectivity index (χ2v) is 7.98. The van der Waals surface area contributed by atoms with Crippen LogP contribution in [-0.4, -0.2) is 25.4 Å². The van der Waals surface area contributed by atoms with Crippen molar-refractivity contribution in [3.63, 3.8) is 0 Å². The van der Waals surface area contributed by atoms with E-state index in [0.29, 0.717) is 5.92 Å². The number of hydrogen-bond donors (Lipinski definition) is 1. The van der Waals surface area contributed by atoms with Crippen LogP contribution in [0.5, 0.6) is 0 Å². The Morgan fingerprint density at radius 1 is 1.10 bits per heavy atom. The predicted octanol–water partition coefficient (Wildman–Crippen LogP) is 4.41. The third-order valence-electron chi connectivity index (χ3n) is 5.10. The van der Waals surface area contributed by atoms with Crippen molar-refractivity contribution in [1.29, 1.82) is 0 Å². The van der Waals surface area contributed by atoms with E-state index in [1.807, 2.05) is 41.3 Å². The van der Waals surface area contributed by atoms with Crippen LogP contribution in [0.4, 0.5) is 4.39 Å². The van der Waals surface area contributed by atoms with E-state index in [2.05, 4.69) is 18.9 Å². The molecule has 6 nitrogen and oxygen atoms in total. The van der Waals surface area contributed by atoms with Crippen molar-refractivity contribution in [2.75, 3.05) is 0 Å². The lowest BCUT2D eigenvalue weighted by Crippen LogP contribution is -2.19. The summed E-state index contributed by atoms with van der Waals surface area (Å²) < 4.78 is 17.9. The Bertz CT molecular complexity index is 1320. The van der Waals surface area contributed by atoms with Crippen molar-refractivity contribution >= 4 is 16.9 Å². The molecular formula is C24H22FN3O3. The molecule has 0 spiro atoms. The number of pyridine rings is 1. The van der Waals surface area contributed by atoms with Crippen molar-refractivity contribution in [3.05, 3.63) is 88.2 Å². The van der Waals surface area contributed by atoms with Gasteiger partial charge in [-0.05, 0) is 29.2 Å². The van der Waals surface area contributed by atoms with Gasteiger partial charge in [0, 0.05) is 36.4 Å². The van der Waals surface area contributed by atoms with Crippen LogP contribution in [0, 0.1) is 11.7 Å². The molecule has 0 radical (unpaired) electrons. The maximum absolute atomic E-state index is 14.5. The molecule has 2 aromatic heterocycles. The minimum atomic E-state index is -1.33. The average Bonchev–Trinajstić information content (AvgIpc) is 3.18. The number of para-hydroxylation sites is 1. The molecule has 0 saturated carbocycles. The summed E-state index contributed by atoms with van der Waals surface area (Å²) in [5.74, 6) is -1.40. The Morgan fingerprint density at radius 2 is 1.84 bits per heavy atom. The molecule has 0 aliphatic rings. The van der Waals surface area contributed by atoms with E-state index in [1.54, 1.807) is 0 Å². The van der Waals surface area contributed by atoms with Crippen LogP contribution in [0.2, 0.25) is 0 Å². The zero-order chi connectivity index (χ0) is 22.1. The summed E-state index contributed by atoms with van der Waals surface area (Å²) in [6, 6.07) is 11.8. The van der Waals surface area contributed by atoms with E-state index in [4.69, 9.17) is 0 Å². The molecule has 0 aliphatic carbocycles. The van der Waals surface area contributed by atoms with Crippen LogP contribution in [0.25, 0.3) is 22.0 Å². The van der Waals surface area contributed by atoms with Gasteiger partial charge in [-0.1, -0.05) is 44.2 Å². The number of hydrogen-bond acceptors (Lipinski definition) is 3. The fourth-order valence-electron chi connectivity index (χ4n) is 3.68. The van der Waals surface area contributed by atoms with Crippen molar-refractivity contribution in [2.24, 2.45) is 5.92 Å². The lowest BCUT2D eigenvalue weighted by Gasteiger charge is -2.13. The Kier molecular flexibility index (Phi) is 5.42. The Balaban J connectivity index is 1.68. The lowest BCUT2D eigenvalue weighted by atomic mass is 10.1. The number of rotatable bonds is 6. The van der Waals surface area contributed by atoms with Crippen molar-refractivity contribution in [1.82, 2.24) is 14.3 Å². The van der Waals surface area contributed by atoms with Crippen molar-refractivity contribution < 1.29 is 14.3 Å². The van der Waals surface area contributed by atoms with Crippen LogP contribution < -0.4 is 5.43 Å². The summed E-state index contributed by atoms with van der Waals surface area (Å²) in [6.07, 6.45) is 5.03. The predicted molar refractivity (Wildman–Crippen MR) is 117 cm³/mol. The number of aromatic nitrogens is 3. The summed E-state index contributed by atoms with van der Waals surface area (Å²) in [5, 5.41) is 13.8. The van der Waals surface area contributed by atoms with Gasteiger partial charge < -0.3 is 9.67 Å². The number of halogens is 1. The van der Waals surface area contributed by atoms with Gasteiger partial charge in [0.25, 0.3) is 0 Å². The Hall–Kier alpha value is -3.74. The number of carboxylic acid groups (broad SMARTS) is 1. The highest BCUT2D eigenvalue weighted by atomic mass is 19.1. The Morgan fingerprint density at radius 3 is 2.52 bits per heavy atom. The van der Waals surface area contributed by atoms with Gasteiger partial charge in [0.15, 0.2) is 0 Å². The van der Waals surface area contributed by atoms with Gasteiger partial charge in [0.05, 0.1) is 11.7 Å². The number of aromatic carboxylic acids is 1. The molecule has 4 rings (SSSR count). The minimum Gasteiger partial charge on any atom is -0.477 e. The third-order valence-corrected chi connectivity index (χ3v) is 5.10. The maximum Gasteiger partial charge on any atom is 0.341 e. The molecule has 158 valence electrons. The highest BCUT2D eigenvalue weighted by Crippen LogP contribution is 2.22. The van der Waals surface area contributed by atoms with Crippen LogP contribution >= 0.6 is 0 Å². The standard InChI is InChI=1S/C24H22FN3O3/c1-15(2)11-28-13-18(10-26-28)17-8-6-16(7-9-17)12-27-14-20(24(30)31)23(29)19-4-3-5-21(25)22(19)27/h3-10,13-15H,11-12H2,1-2H3,(H,30,31). The lowest BCUT2D eigenvalue weighted by molar-refractivity contribution is 0.0695. The Labute approximate surface area is 178 Å². The summed E-state index contributed by atoms with van der Waals surface area (Å²) in [6.45, 7) is 5.34. The number of nitrogens with zero attached hydrogens (tertiary/aromatic N) is 3. The molecule has 7 heteroatoms. The molecule has 0 aliphatic heterocycles.